The third-order valence-electron chi connectivity index (χ3n) is 5.00. The normalized spacial score (nSPS) is 13.7. The Morgan fingerprint density at radius 3 is 2.50 bits per heavy atom. The minimum Gasteiger partial charge on any atom is -0.452 e. The molecule has 7 nitrogen and oxygen atoms in total. The maximum absolute atomic E-state index is 13.1. The molecule has 1 aliphatic carbocycles. The monoisotopic (exact) mass is 460 g/mol. The van der Waals surface area contributed by atoms with E-state index in [1.54, 1.807) is 12.1 Å². The number of allylic oxidation sites excluding steroid dienone is 1. The molecule has 0 fully saturated rings. The van der Waals surface area contributed by atoms with Crippen LogP contribution in [0, 0.1) is 5.82 Å². The van der Waals surface area contributed by atoms with Gasteiger partial charge < -0.3 is 10.1 Å². The van der Waals surface area contributed by atoms with Crippen molar-refractivity contribution in [3.05, 3.63) is 71.6 Å². The second-order valence-electron chi connectivity index (χ2n) is 7.39. The van der Waals surface area contributed by atoms with Gasteiger partial charge in [0.15, 0.2) is 6.61 Å². The van der Waals surface area contributed by atoms with Crippen molar-refractivity contribution in [2.45, 2.75) is 37.0 Å². The van der Waals surface area contributed by atoms with E-state index in [1.165, 1.54) is 30.5 Å². The van der Waals surface area contributed by atoms with E-state index < -0.39 is 34.3 Å². The first kappa shape index (κ1) is 23.5. The van der Waals surface area contributed by atoms with E-state index in [0.717, 1.165) is 43.5 Å². The van der Waals surface area contributed by atoms with E-state index in [-0.39, 0.29) is 16.1 Å². The van der Waals surface area contributed by atoms with Crippen LogP contribution in [0.25, 0.3) is 0 Å². The highest BCUT2D eigenvalue weighted by Crippen LogP contribution is 2.21. The fourth-order valence-corrected chi connectivity index (χ4v) is 4.40. The molecule has 0 atom stereocenters. The van der Waals surface area contributed by atoms with Crippen molar-refractivity contribution in [2.24, 2.45) is 0 Å². The summed E-state index contributed by atoms with van der Waals surface area (Å²) in [5.41, 5.74) is 1.28. The van der Waals surface area contributed by atoms with Gasteiger partial charge in [-0.15, -0.1) is 0 Å². The zero-order chi connectivity index (χ0) is 23.0. The molecule has 0 unspecified atom stereocenters. The number of halogens is 1. The van der Waals surface area contributed by atoms with E-state index in [2.05, 4.69) is 16.1 Å². The number of ether oxygens (including phenoxy) is 1. The van der Waals surface area contributed by atoms with Crippen LogP contribution in [0.1, 0.15) is 42.5 Å². The highest BCUT2D eigenvalue weighted by Gasteiger charge is 2.20. The standard InChI is InChI=1S/C23H25FN2O5S/c24-18-10-12-19(13-11-18)32(29,30)26-21-9-5-4-8-20(21)23(28)31-16-22(27)25-15-14-17-6-2-1-3-7-17/h4-6,8-13,26H,1-3,7,14-16H2,(H,25,27). The van der Waals surface area contributed by atoms with Crippen LogP contribution in [0.3, 0.4) is 0 Å². The van der Waals surface area contributed by atoms with Gasteiger partial charge in [-0.25, -0.2) is 17.6 Å². The number of sulfonamides is 1. The van der Waals surface area contributed by atoms with E-state index in [4.69, 9.17) is 4.74 Å². The Labute approximate surface area is 186 Å². The molecule has 2 aromatic carbocycles. The first-order valence-corrected chi connectivity index (χ1v) is 11.8. The molecule has 170 valence electrons. The average molecular weight is 461 g/mol. The molecule has 2 N–H and O–H groups in total. The van der Waals surface area contributed by atoms with Crippen LogP contribution in [0.15, 0.2) is 65.1 Å². The lowest BCUT2D eigenvalue weighted by Gasteiger charge is -2.14. The number of carbonyl (C=O) groups excluding carboxylic acids is 2. The number of hydrogen-bond acceptors (Lipinski definition) is 5. The summed E-state index contributed by atoms with van der Waals surface area (Å²) < 4.78 is 45.5. The van der Waals surface area contributed by atoms with Gasteiger partial charge in [-0.1, -0.05) is 23.8 Å². The number of amides is 1. The third kappa shape index (κ3) is 6.65. The first-order valence-electron chi connectivity index (χ1n) is 10.3. The lowest BCUT2D eigenvalue weighted by molar-refractivity contribution is -0.124. The van der Waals surface area contributed by atoms with Crippen molar-refractivity contribution in [3.8, 4) is 0 Å². The van der Waals surface area contributed by atoms with Crippen LogP contribution in [0.4, 0.5) is 10.1 Å². The summed E-state index contributed by atoms with van der Waals surface area (Å²) >= 11 is 0. The Bertz CT molecular complexity index is 1100. The van der Waals surface area contributed by atoms with Gasteiger partial charge in [0.25, 0.3) is 15.9 Å². The molecule has 3 rings (SSSR count). The zero-order valence-corrected chi connectivity index (χ0v) is 18.3. The number of benzene rings is 2. The second kappa shape index (κ2) is 10.9. The summed E-state index contributed by atoms with van der Waals surface area (Å²) in [5.74, 6) is -1.84. The summed E-state index contributed by atoms with van der Waals surface area (Å²) in [4.78, 5) is 24.3. The molecule has 0 aromatic heterocycles. The Kier molecular flexibility index (Phi) is 7.99. The molecule has 0 aliphatic heterocycles. The smallest absolute Gasteiger partial charge is 0.340 e. The Hall–Kier alpha value is -3.20. The Morgan fingerprint density at radius 1 is 1.03 bits per heavy atom. The van der Waals surface area contributed by atoms with Gasteiger partial charge in [0.2, 0.25) is 0 Å². The predicted molar refractivity (Wildman–Crippen MR) is 118 cm³/mol. The highest BCUT2D eigenvalue weighted by molar-refractivity contribution is 7.92. The number of carbonyl (C=O) groups is 2. The maximum Gasteiger partial charge on any atom is 0.340 e. The molecule has 0 heterocycles. The van der Waals surface area contributed by atoms with Crippen LogP contribution in [-0.4, -0.2) is 33.4 Å². The van der Waals surface area contributed by atoms with Gasteiger partial charge in [0.1, 0.15) is 5.82 Å². The van der Waals surface area contributed by atoms with Crippen molar-refractivity contribution in [1.29, 1.82) is 0 Å². The van der Waals surface area contributed by atoms with Gasteiger partial charge in [0, 0.05) is 6.54 Å². The summed E-state index contributed by atoms with van der Waals surface area (Å²) in [5, 5.41) is 2.72. The highest BCUT2D eigenvalue weighted by atomic mass is 32.2. The summed E-state index contributed by atoms with van der Waals surface area (Å²) in [7, 11) is -4.05. The van der Waals surface area contributed by atoms with Gasteiger partial charge in [-0.2, -0.15) is 0 Å². The Balaban J connectivity index is 1.56. The lowest BCUT2D eigenvalue weighted by atomic mass is 9.97. The van der Waals surface area contributed by atoms with Crippen molar-refractivity contribution in [2.75, 3.05) is 17.9 Å². The van der Waals surface area contributed by atoms with Crippen molar-refractivity contribution >= 4 is 27.6 Å². The fraction of sp³-hybridized carbons (Fsp3) is 0.304. The van der Waals surface area contributed by atoms with E-state index in [1.807, 2.05) is 0 Å². The molecule has 9 heteroatoms. The number of esters is 1. The number of anilines is 1. The van der Waals surface area contributed by atoms with Crippen LogP contribution < -0.4 is 10.0 Å². The summed E-state index contributed by atoms with van der Waals surface area (Å²) in [6.45, 7) is -0.00675. The molecule has 1 amide bonds. The van der Waals surface area contributed by atoms with E-state index >= 15 is 0 Å². The molecular weight excluding hydrogens is 435 g/mol. The van der Waals surface area contributed by atoms with Crippen LogP contribution in [-0.2, 0) is 19.6 Å². The maximum atomic E-state index is 13.1. The first-order chi connectivity index (χ1) is 15.3. The number of hydrogen-bond donors (Lipinski definition) is 2. The summed E-state index contributed by atoms with van der Waals surface area (Å²) in [6, 6.07) is 10.2. The van der Waals surface area contributed by atoms with Crippen LogP contribution >= 0.6 is 0 Å². The van der Waals surface area contributed by atoms with Gasteiger partial charge >= 0.3 is 5.97 Å². The third-order valence-corrected chi connectivity index (χ3v) is 6.38. The molecule has 0 spiro atoms. The summed E-state index contributed by atoms with van der Waals surface area (Å²) in [6.07, 6.45) is 7.48. The Morgan fingerprint density at radius 2 is 1.78 bits per heavy atom. The van der Waals surface area contributed by atoms with Crippen molar-refractivity contribution < 1.29 is 27.1 Å². The number of rotatable bonds is 9. The molecule has 1 aliphatic rings. The van der Waals surface area contributed by atoms with Gasteiger partial charge in [0.05, 0.1) is 16.1 Å². The van der Waals surface area contributed by atoms with Crippen molar-refractivity contribution in [1.82, 2.24) is 5.32 Å². The number of para-hydroxylation sites is 1. The zero-order valence-electron chi connectivity index (χ0n) is 17.5. The van der Waals surface area contributed by atoms with E-state index in [9.17, 15) is 22.4 Å². The van der Waals surface area contributed by atoms with E-state index in [0.29, 0.717) is 6.54 Å². The van der Waals surface area contributed by atoms with Gasteiger partial charge in [-0.3, -0.25) is 9.52 Å². The molecule has 0 saturated carbocycles. The minimum absolute atomic E-state index is 0.00790. The molecule has 32 heavy (non-hydrogen) atoms. The molecule has 0 radical (unpaired) electrons. The van der Waals surface area contributed by atoms with Crippen molar-refractivity contribution in [3.63, 3.8) is 0 Å². The fourth-order valence-electron chi connectivity index (χ4n) is 3.32. The second-order valence-corrected chi connectivity index (χ2v) is 9.07. The predicted octanol–water partition coefficient (Wildman–Crippen LogP) is 3.79. The van der Waals surface area contributed by atoms with Crippen LogP contribution in [0.5, 0.6) is 0 Å². The SMILES string of the molecule is O=C(COC(=O)c1ccccc1NS(=O)(=O)c1ccc(F)cc1)NCCC1=CCCCC1. The molecule has 2 aromatic rings. The molecule has 0 saturated heterocycles. The molecule has 0 bridgehead atoms. The largest absolute Gasteiger partial charge is 0.452 e. The number of nitrogens with one attached hydrogen (secondary N) is 2. The quantitative estimate of drug-likeness (QED) is 0.438. The average Bonchev–Trinajstić information content (AvgIpc) is 2.78. The van der Waals surface area contributed by atoms with Gasteiger partial charge in [-0.05, 0) is 68.5 Å². The topological polar surface area (TPSA) is 102 Å². The minimum atomic E-state index is -4.05. The molecular formula is C23H25FN2O5S. The van der Waals surface area contributed by atoms with Crippen LogP contribution in [0.2, 0.25) is 0 Å². The lowest BCUT2D eigenvalue weighted by Crippen LogP contribution is -2.30.